The van der Waals surface area contributed by atoms with E-state index in [0.717, 1.165) is 13.0 Å². The zero-order valence-corrected chi connectivity index (χ0v) is 8.63. The SMILES string of the molecule is C=C(CCSC)NCC(C)C. The molecule has 0 spiro atoms. The number of rotatable bonds is 6. The molecule has 0 bridgehead atoms. The molecule has 0 heterocycles. The highest BCUT2D eigenvalue weighted by molar-refractivity contribution is 7.98. The Bertz CT molecular complexity index is 110. The Morgan fingerprint density at radius 2 is 2.18 bits per heavy atom. The van der Waals surface area contributed by atoms with E-state index in [1.165, 1.54) is 11.4 Å². The van der Waals surface area contributed by atoms with Crippen molar-refractivity contribution in [1.82, 2.24) is 5.32 Å². The largest absolute Gasteiger partial charge is 0.389 e. The van der Waals surface area contributed by atoms with E-state index in [1.54, 1.807) is 0 Å². The van der Waals surface area contributed by atoms with E-state index in [9.17, 15) is 0 Å². The van der Waals surface area contributed by atoms with Gasteiger partial charge in [0.15, 0.2) is 0 Å². The Kier molecular flexibility index (Phi) is 6.52. The molecular formula is C9H19NS. The minimum atomic E-state index is 0.709. The van der Waals surface area contributed by atoms with Crippen LogP contribution < -0.4 is 5.32 Å². The molecule has 0 atom stereocenters. The predicted octanol–water partition coefficient (Wildman–Crippen LogP) is 2.50. The molecule has 0 aliphatic heterocycles. The van der Waals surface area contributed by atoms with Crippen LogP contribution in [0.5, 0.6) is 0 Å². The average molecular weight is 173 g/mol. The molecule has 0 unspecified atom stereocenters. The molecule has 11 heavy (non-hydrogen) atoms. The summed E-state index contributed by atoms with van der Waals surface area (Å²) in [5, 5.41) is 3.31. The molecule has 1 nitrogen and oxygen atoms in total. The third kappa shape index (κ3) is 7.79. The van der Waals surface area contributed by atoms with Crippen molar-refractivity contribution in [3.63, 3.8) is 0 Å². The van der Waals surface area contributed by atoms with Gasteiger partial charge in [-0.05, 0) is 24.3 Å². The van der Waals surface area contributed by atoms with Gasteiger partial charge in [-0.15, -0.1) is 0 Å². The summed E-state index contributed by atoms with van der Waals surface area (Å²) in [6.45, 7) is 9.39. The van der Waals surface area contributed by atoms with Crippen molar-refractivity contribution in [1.29, 1.82) is 0 Å². The summed E-state index contributed by atoms with van der Waals surface area (Å²) in [6, 6.07) is 0. The van der Waals surface area contributed by atoms with Gasteiger partial charge in [-0.25, -0.2) is 0 Å². The Hall–Kier alpha value is -0.110. The number of hydrogen-bond acceptors (Lipinski definition) is 2. The van der Waals surface area contributed by atoms with E-state index in [0.29, 0.717) is 5.92 Å². The van der Waals surface area contributed by atoms with Gasteiger partial charge in [0.1, 0.15) is 0 Å². The van der Waals surface area contributed by atoms with E-state index < -0.39 is 0 Å². The molecule has 0 aliphatic rings. The van der Waals surface area contributed by atoms with Crippen molar-refractivity contribution in [3.05, 3.63) is 12.3 Å². The van der Waals surface area contributed by atoms with E-state index in [4.69, 9.17) is 0 Å². The van der Waals surface area contributed by atoms with Crippen LogP contribution in [-0.2, 0) is 0 Å². The standard InChI is InChI=1S/C9H19NS/c1-8(2)7-10-9(3)5-6-11-4/h8,10H,3,5-7H2,1-2,4H3. The van der Waals surface area contributed by atoms with Crippen LogP contribution >= 0.6 is 11.8 Å². The molecule has 0 aromatic heterocycles. The summed E-state index contributed by atoms with van der Waals surface area (Å²) in [5.74, 6) is 1.88. The van der Waals surface area contributed by atoms with E-state index in [2.05, 4.69) is 32.0 Å². The van der Waals surface area contributed by atoms with Crippen LogP contribution in [0.3, 0.4) is 0 Å². The van der Waals surface area contributed by atoms with Crippen LogP contribution in [0, 0.1) is 5.92 Å². The van der Waals surface area contributed by atoms with Gasteiger partial charge in [-0.1, -0.05) is 20.4 Å². The van der Waals surface area contributed by atoms with Gasteiger partial charge in [0.2, 0.25) is 0 Å². The topological polar surface area (TPSA) is 12.0 Å². The molecule has 0 rings (SSSR count). The molecule has 2 heteroatoms. The molecule has 0 saturated carbocycles. The monoisotopic (exact) mass is 173 g/mol. The molecular weight excluding hydrogens is 154 g/mol. The van der Waals surface area contributed by atoms with Gasteiger partial charge in [-0.3, -0.25) is 0 Å². The smallest absolute Gasteiger partial charge is 0.0166 e. The van der Waals surface area contributed by atoms with Crippen molar-refractivity contribution in [2.24, 2.45) is 5.92 Å². The third-order valence-electron chi connectivity index (χ3n) is 1.37. The molecule has 0 aliphatic carbocycles. The van der Waals surface area contributed by atoms with Gasteiger partial charge < -0.3 is 5.32 Å². The quantitative estimate of drug-likeness (QED) is 0.662. The predicted molar refractivity (Wildman–Crippen MR) is 55.0 cm³/mol. The normalized spacial score (nSPS) is 10.2. The minimum Gasteiger partial charge on any atom is -0.389 e. The van der Waals surface area contributed by atoms with Gasteiger partial charge in [0.05, 0.1) is 0 Å². The minimum absolute atomic E-state index is 0.709. The zero-order valence-electron chi connectivity index (χ0n) is 7.81. The van der Waals surface area contributed by atoms with Crippen molar-refractivity contribution in [3.8, 4) is 0 Å². The Morgan fingerprint density at radius 1 is 1.55 bits per heavy atom. The van der Waals surface area contributed by atoms with Gasteiger partial charge in [0, 0.05) is 12.2 Å². The van der Waals surface area contributed by atoms with E-state index in [-0.39, 0.29) is 0 Å². The maximum absolute atomic E-state index is 3.94. The van der Waals surface area contributed by atoms with Gasteiger partial charge in [-0.2, -0.15) is 11.8 Å². The van der Waals surface area contributed by atoms with Crippen LogP contribution in [0.15, 0.2) is 12.3 Å². The van der Waals surface area contributed by atoms with Crippen molar-refractivity contribution >= 4 is 11.8 Å². The Balaban J connectivity index is 3.23. The maximum Gasteiger partial charge on any atom is 0.0166 e. The fraction of sp³-hybridized carbons (Fsp3) is 0.778. The highest BCUT2D eigenvalue weighted by atomic mass is 32.2. The summed E-state index contributed by atoms with van der Waals surface area (Å²) in [5.41, 5.74) is 1.17. The van der Waals surface area contributed by atoms with Gasteiger partial charge in [0.25, 0.3) is 0 Å². The average Bonchev–Trinajstić information content (AvgIpc) is 1.97. The first-order chi connectivity index (χ1) is 5.16. The molecule has 0 aromatic carbocycles. The van der Waals surface area contributed by atoms with Crippen molar-refractivity contribution < 1.29 is 0 Å². The first kappa shape index (κ1) is 10.9. The van der Waals surface area contributed by atoms with Crippen LogP contribution in [0.1, 0.15) is 20.3 Å². The number of nitrogens with one attached hydrogen (secondary N) is 1. The molecule has 0 aromatic rings. The Labute approximate surface area is 74.6 Å². The summed E-state index contributed by atoms with van der Waals surface area (Å²) in [6.07, 6.45) is 3.21. The number of thioether (sulfide) groups is 1. The molecule has 0 radical (unpaired) electrons. The lowest BCUT2D eigenvalue weighted by Gasteiger charge is -2.10. The van der Waals surface area contributed by atoms with Crippen LogP contribution in [0.25, 0.3) is 0 Å². The van der Waals surface area contributed by atoms with E-state index in [1.807, 2.05) is 11.8 Å². The number of allylic oxidation sites excluding steroid dienone is 1. The summed E-state index contributed by atoms with van der Waals surface area (Å²) in [4.78, 5) is 0. The fourth-order valence-corrected chi connectivity index (χ4v) is 1.11. The second-order valence-corrected chi connectivity index (χ2v) is 4.11. The number of hydrogen-bond donors (Lipinski definition) is 1. The maximum atomic E-state index is 3.94. The lowest BCUT2D eigenvalue weighted by molar-refractivity contribution is 0.590. The Morgan fingerprint density at radius 3 is 2.64 bits per heavy atom. The molecule has 66 valence electrons. The highest BCUT2D eigenvalue weighted by Gasteiger charge is 1.94. The fourth-order valence-electron chi connectivity index (χ4n) is 0.662. The van der Waals surface area contributed by atoms with Crippen LogP contribution in [0.4, 0.5) is 0 Å². The van der Waals surface area contributed by atoms with Gasteiger partial charge >= 0.3 is 0 Å². The molecule has 0 saturated heterocycles. The van der Waals surface area contributed by atoms with Crippen molar-refractivity contribution in [2.75, 3.05) is 18.6 Å². The summed E-state index contributed by atoms with van der Waals surface area (Å²) in [7, 11) is 0. The van der Waals surface area contributed by atoms with Crippen LogP contribution in [0.2, 0.25) is 0 Å². The second kappa shape index (κ2) is 6.59. The molecule has 0 fully saturated rings. The highest BCUT2D eigenvalue weighted by Crippen LogP contribution is 2.01. The lowest BCUT2D eigenvalue weighted by Crippen LogP contribution is -2.18. The summed E-state index contributed by atoms with van der Waals surface area (Å²) < 4.78 is 0. The second-order valence-electron chi connectivity index (χ2n) is 3.12. The van der Waals surface area contributed by atoms with Crippen LogP contribution in [-0.4, -0.2) is 18.6 Å². The zero-order chi connectivity index (χ0) is 8.69. The summed E-state index contributed by atoms with van der Waals surface area (Å²) >= 11 is 1.86. The molecule has 1 N–H and O–H groups in total. The first-order valence-electron chi connectivity index (χ1n) is 4.07. The van der Waals surface area contributed by atoms with Crippen molar-refractivity contribution in [2.45, 2.75) is 20.3 Å². The third-order valence-corrected chi connectivity index (χ3v) is 1.98. The first-order valence-corrected chi connectivity index (χ1v) is 5.46. The molecule has 0 amide bonds. The van der Waals surface area contributed by atoms with E-state index >= 15 is 0 Å². The lowest BCUT2D eigenvalue weighted by atomic mass is 10.2.